The van der Waals surface area contributed by atoms with E-state index in [1.54, 1.807) is 0 Å². The van der Waals surface area contributed by atoms with Crippen molar-refractivity contribution in [2.45, 2.75) is 81.0 Å². The first-order chi connectivity index (χ1) is 8.09. The zero-order valence-electron chi connectivity index (χ0n) is 14.0. The summed E-state index contributed by atoms with van der Waals surface area (Å²) in [6.07, 6.45) is 4.64. The van der Waals surface area contributed by atoms with Gasteiger partial charge in [-0.15, -0.1) is 0 Å². The van der Waals surface area contributed by atoms with Crippen LogP contribution >= 0.6 is 0 Å². The maximum absolute atomic E-state index is 6.30. The second-order valence-corrected chi connectivity index (χ2v) is 7.93. The zero-order valence-corrected chi connectivity index (χ0v) is 14.0. The molecule has 104 valence electrons. The molecule has 0 spiro atoms. The van der Waals surface area contributed by atoms with Gasteiger partial charge in [-0.2, -0.15) is 0 Å². The third-order valence-electron chi connectivity index (χ3n) is 7.41. The molecule has 2 radical (unpaired) electrons. The highest BCUT2D eigenvalue weighted by Crippen LogP contribution is 2.82. The zero-order chi connectivity index (χ0) is 14.4. The van der Waals surface area contributed by atoms with E-state index in [-0.39, 0.29) is 5.41 Å². The first kappa shape index (κ1) is 16.1. The Morgan fingerprint density at radius 2 is 1.61 bits per heavy atom. The molecule has 0 aliphatic heterocycles. The van der Waals surface area contributed by atoms with E-state index >= 15 is 0 Å². The lowest BCUT2D eigenvalue weighted by atomic mass is 9.53. The highest BCUT2D eigenvalue weighted by molar-refractivity contribution is 6.09. The summed E-state index contributed by atoms with van der Waals surface area (Å²) in [6.45, 7) is 19.3. The Labute approximate surface area is 117 Å². The normalized spacial score (nSPS) is 36.8. The average molecular weight is 248 g/mol. The molecule has 1 aliphatic rings. The van der Waals surface area contributed by atoms with Crippen LogP contribution in [0.1, 0.15) is 74.7 Å². The minimum atomic E-state index is 0.285. The molecule has 0 saturated heterocycles. The van der Waals surface area contributed by atoms with Crippen LogP contribution in [0.15, 0.2) is 0 Å². The van der Waals surface area contributed by atoms with Gasteiger partial charge in [-0.25, -0.2) is 0 Å². The average Bonchev–Trinajstić information content (AvgIpc) is 2.77. The molecule has 0 N–H and O–H groups in total. The van der Waals surface area contributed by atoms with Crippen LogP contribution in [0.5, 0.6) is 0 Å². The van der Waals surface area contributed by atoms with E-state index in [1.807, 2.05) is 0 Å². The smallest absolute Gasteiger partial charge is 0.0661 e. The molecule has 1 fully saturated rings. The Hall–Kier alpha value is 0.0649. The fourth-order valence-electron chi connectivity index (χ4n) is 4.94. The van der Waals surface area contributed by atoms with E-state index in [9.17, 15) is 0 Å². The van der Waals surface area contributed by atoms with Crippen LogP contribution in [-0.4, -0.2) is 7.85 Å². The SMILES string of the molecule is [B]CC1(C(C)(C)C(C)(C)CC)C(C)C1(C)CCC. The van der Waals surface area contributed by atoms with Crippen molar-refractivity contribution in [1.82, 2.24) is 0 Å². The van der Waals surface area contributed by atoms with E-state index < -0.39 is 0 Å². The lowest BCUT2D eigenvalue weighted by Gasteiger charge is -2.50. The molecule has 3 atom stereocenters. The highest BCUT2D eigenvalue weighted by atomic mass is 14.8. The molecule has 0 nitrogen and oxygen atoms in total. The van der Waals surface area contributed by atoms with Gasteiger partial charge in [0.25, 0.3) is 0 Å². The Morgan fingerprint density at radius 3 is 1.94 bits per heavy atom. The van der Waals surface area contributed by atoms with E-state index in [0.29, 0.717) is 16.2 Å². The Morgan fingerprint density at radius 1 is 1.11 bits per heavy atom. The molecular weight excluding hydrogens is 215 g/mol. The maximum Gasteiger partial charge on any atom is 0.0661 e. The lowest BCUT2D eigenvalue weighted by Crippen LogP contribution is -2.43. The summed E-state index contributed by atoms with van der Waals surface area (Å²) in [7, 11) is 6.30. The van der Waals surface area contributed by atoms with Gasteiger partial charge in [0, 0.05) is 0 Å². The van der Waals surface area contributed by atoms with E-state index in [4.69, 9.17) is 7.85 Å². The third-order valence-corrected chi connectivity index (χ3v) is 7.41. The van der Waals surface area contributed by atoms with Crippen molar-refractivity contribution in [3.05, 3.63) is 0 Å². The molecule has 0 aromatic rings. The quantitative estimate of drug-likeness (QED) is 0.546. The van der Waals surface area contributed by atoms with Crippen molar-refractivity contribution in [3.8, 4) is 0 Å². The van der Waals surface area contributed by atoms with Crippen LogP contribution in [-0.2, 0) is 0 Å². The number of hydrogen-bond acceptors (Lipinski definition) is 0. The molecule has 1 saturated carbocycles. The molecule has 0 amide bonds. The topological polar surface area (TPSA) is 0 Å². The first-order valence-corrected chi connectivity index (χ1v) is 7.79. The molecule has 1 heteroatoms. The highest BCUT2D eigenvalue weighted by Gasteiger charge is 2.75. The fraction of sp³-hybridized carbons (Fsp3) is 1.00. The van der Waals surface area contributed by atoms with Gasteiger partial charge < -0.3 is 0 Å². The molecule has 0 aromatic carbocycles. The largest absolute Gasteiger partial charge is 0.0818 e. The van der Waals surface area contributed by atoms with Crippen molar-refractivity contribution < 1.29 is 0 Å². The van der Waals surface area contributed by atoms with Crippen molar-refractivity contribution in [2.75, 3.05) is 0 Å². The van der Waals surface area contributed by atoms with Crippen LogP contribution in [0, 0.1) is 27.6 Å². The van der Waals surface area contributed by atoms with Gasteiger partial charge >= 0.3 is 0 Å². The Kier molecular flexibility index (Phi) is 4.09. The monoisotopic (exact) mass is 248 g/mol. The van der Waals surface area contributed by atoms with Gasteiger partial charge in [-0.3, -0.25) is 0 Å². The van der Waals surface area contributed by atoms with Crippen LogP contribution in [0.3, 0.4) is 0 Å². The van der Waals surface area contributed by atoms with Gasteiger partial charge in [-0.05, 0) is 34.0 Å². The van der Waals surface area contributed by atoms with E-state index in [0.717, 1.165) is 12.2 Å². The van der Waals surface area contributed by atoms with E-state index in [2.05, 4.69) is 55.4 Å². The fourth-order valence-corrected chi connectivity index (χ4v) is 4.94. The number of hydrogen-bond donors (Lipinski definition) is 0. The first-order valence-electron chi connectivity index (χ1n) is 7.79. The second-order valence-electron chi connectivity index (χ2n) is 7.93. The van der Waals surface area contributed by atoms with Gasteiger partial charge in [0.15, 0.2) is 0 Å². The summed E-state index contributed by atoms with van der Waals surface area (Å²) in [4.78, 5) is 0. The summed E-state index contributed by atoms with van der Waals surface area (Å²) >= 11 is 0. The van der Waals surface area contributed by atoms with Gasteiger partial charge in [0.1, 0.15) is 0 Å². The predicted molar refractivity (Wildman–Crippen MR) is 83.0 cm³/mol. The summed E-state index contributed by atoms with van der Waals surface area (Å²) in [5.74, 6) is 0.746. The molecule has 1 rings (SSSR count). The van der Waals surface area contributed by atoms with Crippen LogP contribution in [0.25, 0.3) is 0 Å². The Balaban J connectivity index is 3.20. The molecule has 0 bridgehead atoms. The van der Waals surface area contributed by atoms with Gasteiger partial charge in [0.2, 0.25) is 0 Å². The number of rotatable bonds is 6. The summed E-state index contributed by atoms with van der Waals surface area (Å²) < 4.78 is 0. The molecule has 18 heavy (non-hydrogen) atoms. The van der Waals surface area contributed by atoms with Crippen molar-refractivity contribution in [1.29, 1.82) is 0 Å². The summed E-state index contributed by atoms with van der Waals surface area (Å²) in [5.41, 5.74) is 1.38. The summed E-state index contributed by atoms with van der Waals surface area (Å²) in [5, 5.41) is 0. The maximum atomic E-state index is 6.30. The standard InChI is InChI=1S/C17H33B/c1-9-11-16(8)13(3)17(16,12-18)15(6,7)14(4,5)10-2/h13H,9-12H2,1-8H3. The Bertz CT molecular complexity index is 305. The summed E-state index contributed by atoms with van der Waals surface area (Å²) in [6, 6.07) is 0. The minimum Gasteiger partial charge on any atom is -0.0818 e. The van der Waals surface area contributed by atoms with E-state index in [1.165, 1.54) is 19.3 Å². The second kappa shape index (κ2) is 4.56. The van der Waals surface area contributed by atoms with Crippen LogP contribution < -0.4 is 0 Å². The third kappa shape index (κ3) is 1.65. The lowest BCUT2D eigenvalue weighted by molar-refractivity contribution is 0.00156. The van der Waals surface area contributed by atoms with Crippen molar-refractivity contribution in [3.63, 3.8) is 0 Å². The minimum absolute atomic E-state index is 0.285. The van der Waals surface area contributed by atoms with Gasteiger partial charge in [-0.1, -0.05) is 74.6 Å². The van der Waals surface area contributed by atoms with Crippen molar-refractivity contribution in [2.24, 2.45) is 27.6 Å². The molecule has 0 aromatic heterocycles. The van der Waals surface area contributed by atoms with Crippen molar-refractivity contribution >= 4 is 7.85 Å². The molecule has 1 aliphatic carbocycles. The molecule has 3 unspecified atom stereocenters. The predicted octanol–water partition coefficient (Wildman–Crippen LogP) is 5.48. The van der Waals surface area contributed by atoms with Crippen LogP contribution in [0.2, 0.25) is 6.32 Å². The van der Waals surface area contributed by atoms with Crippen LogP contribution in [0.4, 0.5) is 0 Å². The molecule has 0 heterocycles. The molecular formula is C17H33B. The van der Waals surface area contributed by atoms with Gasteiger partial charge in [0.05, 0.1) is 7.85 Å².